The molecule has 8 heteroatoms. The number of aromatic amines is 1. The first-order chi connectivity index (χ1) is 13.2. The third kappa shape index (κ3) is 5.23. The number of nitrogens with one attached hydrogen (secondary N) is 3. The zero-order valence-electron chi connectivity index (χ0n) is 15.9. The van der Waals surface area contributed by atoms with Crippen molar-refractivity contribution in [3.8, 4) is 0 Å². The molecule has 1 fully saturated rings. The topological polar surface area (TPSA) is 69.8 Å². The summed E-state index contributed by atoms with van der Waals surface area (Å²) >= 11 is 6.46. The van der Waals surface area contributed by atoms with Crippen LogP contribution in [0.15, 0.2) is 48.9 Å². The van der Waals surface area contributed by atoms with Crippen LogP contribution >= 0.6 is 36.4 Å². The highest BCUT2D eigenvalue weighted by atomic mass is 35.5. The van der Waals surface area contributed by atoms with Gasteiger partial charge in [-0.1, -0.05) is 17.7 Å². The summed E-state index contributed by atoms with van der Waals surface area (Å²) in [4.78, 5) is 20.2. The van der Waals surface area contributed by atoms with Gasteiger partial charge in [-0.3, -0.25) is 9.78 Å². The number of piperidine rings is 1. The molecule has 0 saturated carbocycles. The number of nitrogens with zero attached hydrogens (tertiary/aromatic N) is 1. The molecule has 1 saturated heterocycles. The van der Waals surface area contributed by atoms with Crippen LogP contribution in [-0.2, 0) is 0 Å². The number of rotatable bonds is 5. The molecule has 1 aliphatic rings. The van der Waals surface area contributed by atoms with Gasteiger partial charge in [-0.2, -0.15) is 0 Å². The first-order valence-electron chi connectivity index (χ1n) is 9.38. The van der Waals surface area contributed by atoms with Gasteiger partial charge >= 0.3 is 0 Å². The fraction of sp³-hybridized carbons (Fsp3) is 0.333. The number of halogens is 3. The number of aromatic nitrogens is 2. The lowest BCUT2D eigenvalue weighted by Crippen LogP contribution is -2.36. The van der Waals surface area contributed by atoms with Gasteiger partial charge in [0.15, 0.2) is 0 Å². The predicted molar refractivity (Wildman–Crippen MR) is 123 cm³/mol. The highest BCUT2D eigenvalue weighted by Gasteiger charge is 2.26. The smallest absolute Gasteiger partial charge is 0.252 e. The second-order valence-electron chi connectivity index (χ2n) is 7.06. The summed E-state index contributed by atoms with van der Waals surface area (Å²) in [6.45, 7) is 2.62. The molecule has 3 aromatic rings. The van der Waals surface area contributed by atoms with Gasteiger partial charge in [-0.05, 0) is 61.7 Å². The third-order valence-corrected chi connectivity index (χ3v) is 5.87. The number of carbonyl (C=O) groups is 1. The van der Waals surface area contributed by atoms with Crippen LogP contribution in [0.25, 0.3) is 10.9 Å². The average molecular weight is 456 g/mol. The molecule has 0 bridgehead atoms. The second-order valence-corrected chi connectivity index (χ2v) is 7.43. The van der Waals surface area contributed by atoms with Crippen LogP contribution in [-0.4, -0.2) is 35.5 Å². The first-order valence-corrected chi connectivity index (χ1v) is 9.76. The molecular weight excluding hydrogens is 431 g/mol. The summed E-state index contributed by atoms with van der Waals surface area (Å²) < 4.78 is 0. The molecule has 29 heavy (non-hydrogen) atoms. The van der Waals surface area contributed by atoms with E-state index in [0.29, 0.717) is 23.0 Å². The fourth-order valence-corrected chi connectivity index (χ4v) is 4.28. The molecule has 0 spiro atoms. The fourth-order valence-electron chi connectivity index (χ4n) is 3.97. The summed E-state index contributed by atoms with van der Waals surface area (Å²) in [5.41, 5.74) is 2.62. The molecular formula is C21H25Cl3N4O. The summed E-state index contributed by atoms with van der Waals surface area (Å²) in [5.74, 6) is 0.642. The molecule has 156 valence electrons. The van der Waals surface area contributed by atoms with Gasteiger partial charge in [0.1, 0.15) is 0 Å². The predicted octanol–water partition coefficient (Wildman–Crippen LogP) is 4.57. The van der Waals surface area contributed by atoms with E-state index in [4.69, 9.17) is 11.6 Å². The Bertz CT molecular complexity index is 926. The lowest BCUT2D eigenvalue weighted by molar-refractivity contribution is 0.0947. The molecule has 1 aliphatic heterocycles. The molecule has 0 radical (unpaired) electrons. The van der Waals surface area contributed by atoms with Crippen molar-refractivity contribution in [1.82, 2.24) is 20.6 Å². The molecule has 0 aliphatic carbocycles. The average Bonchev–Trinajstić information content (AvgIpc) is 3.20. The first kappa shape index (κ1) is 23.5. The number of fused-ring (bicyclic) bond motifs is 1. The van der Waals surface area contributed by atoms with Crippen LogP contribution < -0.4 is 10.6 Å². The lowest BCUT2D eigenvalue weighted by Gasteiger charge is -2.31. The highest BCUT2D eigenvalue weighted by Crippen LogP contribution is 2.31. The van der Waals surface area contributed by atoms with Gasteiger partial charge < -0.3 is 15.6 Å². The quantitative estimate of drug-likeness (QED) is 0.528. The van der Waals surface area contributed by atoms with Gasteiger partial charge in [0.2, 0.25) is 0 Å². The van der Waals surface area contributed by atoms with Crippen LogP contribution in [0.2, 0.25) is 5.02 Å². The van der Waals surface area contributed by atoms with Gasteiger partial charge in [0.25, 0.3) is 5.91 Å². The number of benzene rings is 1. The minimum absolute atomic E-state index is 0. The minimum Gasteiger partial charge on any atom is -0.361 e. The molecule has 1 unspecified atom stereocenters. The molecule has 1 atom stereocenters. The summed E-state index contributed by atoms with van der Waals surface area (Å²) in [5, 5.41) is 7.88. The molecule has 3 N–H and O–H groups in total. The number of pyridine rings is 1. The normalized spacial score (nSPS) is 15.2. The van der Waals surface area contributed by atoms with Gasteiger partial charge in [-0.15, -0.1) is 24.8 Å². The van der Waals surface area contributed by atoms with Crippen molar-refractivity contribution in [2.24, 2.45) is 5.92 Å². The van der Waals surface area contributed by atoms with E-state index in [1.807, 2.05) is 30.6 Å². The molecule has 4 rings (SSSR count). The van der Waals surface area contributed by atoms with E-state index < -0.39 is 0 Å². The standard InChI is InChI=1S/C21H23ClN4O.2ClH/c22-20-16-7-11-25-19(16)4-3-17(20)21(27)26-13-18(14-5-9-23-10-6-14)15-2-1-8-24-12-15;;/h1-4,7-8,11-12,14,18,23,25H,5-6,9-10,13H2,(H,26,27);2*1H. The van der Waals surface area contributed by atoms with Crippen LogP contribution in [0.4, 0.5) is 0 Å². The number of hydrogen-bond donors (Lipinski definition) is 3. The number of H-pyrrole nitrogens is 1. The lowest BCUT2D eigenvalue weighted by atomic mass is 9.81. The Hall–Kier alpha value is -1.79. The van der Waals surface area contributed by atoms with Crippen molar-refractivity contribution in [3.05, 3.63) is 65.1 Å². The van der Waals surface area contributed by atoms with E-state index in [2.05, 4.69) is 26.7 Å². The van der Waals surface area contributed by atoms with E-state index in [0.717, 1.165) is 36.8 Å². The zero-order chi connectivity index (χ0) is 18.6. The van der Waals surface area contributed by atoms with Crippen LogP contribution in [0.5, 0.6) is 0 Å². The van der Waals surface area contributed by atoms with Gasteiger partial charge in [0, 0.05) is 42.0 Å². The Balaban J connectivity index is 0.00000150. The van der Waals surface area contributed by atoms with E-state index in [-0.39, 0.29) is 36.6 Å². The maximum absolute atomic E-state index is 12.8. The third-order valence-electron chi connectivity index (χ3n) is 5.46. The number of carbonyl (C=O) groups excluding carboxylic acids is 1. The number of amides is 1. The van der Waals surface area contributed by atoms with Crippen molar-refractivity contribution in [2.45, 2.75) is 18.8 Å². The van der Waals surface area contributed by atoms with E-state index in [9.17, 15) is 4.79 Å². The Morgan fingerprint density at radius 1 is 1.21 bits per heavy atom. The Morgan fingerprint density at radius 2 is 2.00 bits per heavy atom. The van der Waals surface area contributed by atoms with Crippen molar-refractivity contribution in [2.75, 3.05) is 19.6 Å². The largest absolute Gasteiger partial charge is 0.361 e. The Morgan fingerprint density at radius 3 is 2.72 bits per heavy atom. The van der Waals surface area contributed by atoms with Crippen molar-refractivity contribution in [1.29, 1.82) is 0 Å². The Labute approximate surface area is 187 Å². The van der Waals surface area contributed by atoms with Crippen LogP contribution in [0, 0.1) is 5.92 Å². The Kier molecular flexibility index (Phi) is 8.78. The minimum atomic E-state index is -0.133. The molecule has 1 aromatic carbocycles. The van der Waals surface area contributed by atoms with E-state index >= 15 is 0 Å². The van der Waals surface area contributed by atoms with Crippen molar-refractivity contribution in [3.63, 3.8) is 0 Å². The van der Waals surface area contributed by atoms with Crippen molar-refractivity contribution < 1.29 is 4.79 Å². The van der Waals surface area contributed by atoms with Crippen LogP contribution in [0.1, 0.15) is 34.7 Å². The van der Waals surface area contributed by atoms with Gasteiger partial charge in [0.05, 0.1) is 10.6 Å². The monoisotopic (exact) mass is 454 g/mol. The molecule has 1 amide bonds. The summed E-state index contributed by atoms with van der Waals surface area (Å²) in [7, 11) is 0. The second kappa shape index (κ2) is 10.8. The number of hydrogen-bond acceptors (Lipinski definition) is 3. The maximum atomic E-state index is 12.8. The molecule has 2 aromatic heterocycles. The summed E-state index contributed by atoms with van der Waals surface area (Å²) in [6, 6.07) is 9.62. The maximum Gasteiger partial charge on any atom is 0.252 e. The molecule has 3 heterocycles. The van der Waals surface area contributed by atoms with Crippen LogP contribution in [0.3, 0.4) is 0 Å². The van der Waals surface area contributed by atoms with E-state index in [1.165, 1.54) is 5.56 Å². The SMILES string of the molecule is Cl.Cl.O=C(NCC(c1cccnc1)C1CCNCC1)c1ccc2[nH]ccc2c1Cl. The highest BCUT2D eigenvalue weighted by molar-refractivity contribution is 6.38. The van der Waals surface area contributed by atoms with Crippen molar-refractivity contribution >= 4 is 53.2 Å². The van der Waals surface area contributed by atoms with E-state index in [1.54, 1.807) is 12.3 Å². The zero-order valence-corrected chi connectivity index (χ0v) is 18.2. The van der Waals surface area contributed by atoms with Gasteiger partial charge in [-0.25, -0.2) is 0 Å². The molecule has 5 nitrogen and oxygen atoms in total. The summed E-state index contributed by atoms with van der Waals surface area (Å²) in [6.07, 6.45) is 7.73.